The molecule has 1 aromatic rings. The summed E-state index contributed by atoms with van der Waals surface area (Å²) >= 11 is 0. The van der Waals surface area contributed by atoms with Crippen molar-refractivity contribution >= 4 is 16.1 Å². The van der Waals surface area contributed by atoms with Crippen LogP contribution in [0, 0.1) is 6.92 Å². The predicted molar refractivity (Wildman–Crippen MR) is 86.0 cm³/mol. The molecule has 0 aromatic heterocycles. The van der Waals surface area contributed by atoms with Gasteiger partial charge in [0.25, 0.3) is 0 Å². The van der Waals surface area contributed by atoms with Crippen LogP contribution in [0.4, 0.5) is 4.79 Å². The summed E-state index contributed by atoms with van der Waals surface area (Å²) in [5.41, 5.74) is 2.25. The number of nitrogens with zero attached hydrogens (tertiary/aromatic N) is 1. The zero-order valence-corrected chi connectivity index (χ0v) is 13.8. The van der Waals surface area contributed by atoms with Gasteiger partial charge in [0, 0.05) is 25.7 Å². The van der Waals surface area contributed by atoms with Gasteiger partial charge in [-0.25, -0.2) is 17.9 Å². The highest BCUT2D eigenvalue weighted by Gasteiger charge is 2.24. The number of carbonyl (C=O) groups is 1. The van der Waals surface area contributed by atoms with Crippen LogP contribution in [0.1, 0.15) is 24.0 Å². The van der Waals surface area contributed by atoms with E-state index in [0.717, 1.165) is 11.8 Å². The molecule has 0 bridgehead atoms. The molecule has 122 valence electrons. The van der Waals surface area contributed by atoms with E-state index < -0.39 is 10.0 Å². The zero-order valence-electron chi connectivity index (χ0n) is 13.0. The fourth-order valence-corrected chi connectivity index (χ4v) is 3.34. The Balaban J connectivity index is 1.76. The highest BCUT2D eigenvalue weighted by Crippen LogP contribution is 2.11. The minimum Gasteiger partial charge on any atom is -0.334 e. The van der Waals surface area contributed by atoms with Gasteiger partial charge in [0.1, 0.15) is 0 Å². The lowest BCUT2D eigenvalue weighted by atomic mass is 10.1. The van der Waals surface area contributed by atoms with Crippen LogP contribution >= 0.6 is 0 Å². The monoisotopic (exact) mass is 325 g/mol. The van der Waals surface area contributed by atoms with Crippen LogP contribution < -0.4 is 10.0 Å². The Kier molecular flexibility index (Phi) is 5.42. The molecule has 0 saturated carbocycles. The molecule has 2 amide bonds. The van der Waals surface area contributed by atoms with Gasteiger partial charge in [-0.1, -0.05) is 29.8 Å². The summed E-state index contributed by atoms with van der Waals surface area (Å²) in [5, 5.41) is 2.90. The van der Waals surface area contributed by atoms with Crippen molar-refractivity contribution in [3.63, 3.8) is 0 Å². The van der Waals surface area contributed by atoms with E-state index in [1.54, 1.807) is 4.90 Å². The predicted octanol–water partition coefficient (Wildman–Crippen LogP) is 1.22. The average Bonchev–Trinajstić information content (AvgIpc) is 2.45. The van der Waals surface area contributed by atoms with E-state index in [0.29, 0.717) is 32.5 Å². The molecule has 0 spiro atoms. The molecule has 1 aliphatic rings. The van der Waals surface area contributed by atoms with Gasteiger partial charge in [-0.15, -0.1) is 0 Å². The third kappa shape index (κ3) is 5.31. The highest BCUT2D eigenvalue weighted by atomic mass is 32.2. The Bertz CT molecular complexity index is 605. The Labute approximate surface area is 131 Å². The molecule has 1 fully saturated rings. The second-order valence-corrected chi connectivity index (χ2v) is 7.58. The number of nitrogens with one attached hydrogen (secondary N) is 2. The maximum atomic E-state index is 12.1. The summed E-state index contributed by atoms with van der Waals surface area (Å²) in [6.45, 7) is 3.65. The maximum Gasteiger partial charge on any atom is 0.317 e. The van der Waals surface area contributed by atoms with Gasteiger partial charge in [-0.3, -0.25) is 0 Å². The normalized spacial score (nSPS) is 16.5. The number of hydrogen-bond acceptors (Lipinski definition) is 3. The van der Waals surface area contributed by atoms with E-state index in [9.17, 15) is 13.2 Å². The Morgan fingerprint density at radius 1 is 1.23 bits per heavy atom. The number of aryl methyl sites for hydroxylation is 1. The van der Waals surface area contributed by atoms with Crippen LogP contribution in [0.15, 0.2) is 24.3 Å². The molecule has 7 heteroatoms. The second kappa shape index (κ2) is 7.11. The summed E-state index contributed by atoms with van der Waals surface area (Å²) in [4.78, 5) is 13.8. The first-order chi connectivity index (χ1) is 10.3. The number of likely N-dealkylation sites (tertiary alicyclic amines) is 1. The van der Waals surface area contributed by atoms with Crippen molar-refractivity contribution in [1.29, 1.82) is 0 Å². The van der Waals surface area contributed by atoms with E-state index in [-0.39, 0.29) is 12.1 Å². The SMILES string of the molecule is Cc1ccc(CNC(=O)N2CCC(NS(C)(=O)=O)CC2)cc1. The number of amides is 2. The standard InChI is InChI=1S/C15H23N3O3S/c1-12-3-5-13(6-4-12)11-16-15(19)18-9-7-14(8-10-18)17-22(2,20)21/h3-6,14,17H,7-11H2,1-2H3,(H,16,19). The molecular formula is C15H23N3O3S. The van der Waals surface area contributed by atoms with Crippen LogP contribution in [0.3, 0.4) is 0 Å². The van der Waals surface area contributed by atoms with E-state index >= 15 is 0 Å². The van der Waals surface area contributed by atoms with Crippen LogP contribution in [0.2, 0.25) is 0 Å². The molecule has 0 unspecified atom stereocenters. The second-order valence-electron chi connectivity index (χ2n) is 5.80. The molecule has 0 aliphatic carbocycles. The first-order valence-electron chi connectivity index (χ1n) is 7.39. The third-order valence-corrected chi connectivity index (χ3v) is 4.49. The van der Waals surface area contributed by atoms with E-state index in [4.69, 9.17) is 0 Å². The summed E-state index contributed by atoms with van der Waals surface area (Å²) in [5.74, 6) is 0. The molecule has 0 radical (unpaired) electrons. The number of rotatable bonds is 4. The first kappa shape index (κ1) is 16.8. The third-order valence-electron chi connectivity index (χ3n) is 3.73. The number of hydrogen-bond donors (Lipinski definition) is 2. The number of carbonyl (C=O) groups excluding carboxylic acids is 1. The molecule has 2 N–H and O–H groups in total. The lowest BCUT2D eigenvalue weighted by Gasteiger charge is -2.32. The van der Waals surface area contributed by atoms with Crippen molar-refractivity contribution in [3.8, 4) is 0 Å². The van der Waals surface area contributed by atoms with Crippen LogP contribution in [-0.4, -0.2) is 44.7 Å². The van der Waals surface area contributed by atoms with Crippen molar-refractivity contribution < 1.29 is 13.2 Å². The quantitative estimate of drug-likeness (QED) is 0.873. The highest BCUT2D eigenvalue weighted by molar-refractivity contribution is 7.88. The van der Waals surface area contributed by atoms with Gasteiger partial charge >= 0.3 is 6.03 Å². The zero-order chi connectivity index (χ0) is 16.2. The van der Waals surface area contributed by atoms with Crippen molar-refractivity contribution in [2.45, 2.75) is 32.4 Å². The lowest BCUT2D eigenvalue weighted by Crippen LogP contribution is -2.49. The minimum absolute atomic E-state index is 0.0730. The summed E-state index contributed by atoms with van der Waals surface area (Å²) in [6, 6.07) is 7.86. The summed E-state index contributed by atoms with van der Waals surface area (Å²) in [7, 11) is -3.18. The van der Waals surface area contributed by atoms with Crippen LogP contribution in [0.5, 0.6) is 0 Å². The molecule has 1 aliphatic heterocycles. The van der Waals surface area contributed by atoms with E-state index in [1.165, 1.54) is 5.56 Å². The number of urea groups is 1. The largest absolute Gasteiger partial charge is 0.334 e. The number of sulfonamides is 1. The summed E-state index contributed by atoms with van der Waals surface area (Å²) < 4.78 is 25.0. The Hall–Kier alpha value is -1.60. The molecule has 0 atom stereocenters. The maximum absolute atomic E-state index is 12.1. The van der Waals surface area contributed by atoms with Gasteiger partial charge < -0.3 is 10.2 Å². The van der Waals surface area contributed by atoms with Crippen LogP contribution in [-0.2, 0) is 16.6 Å². The molecule has 22 heavy (non-hydrogen) atoms. The van der Waals surface area contributed by atoms with Crippen molar-refractivity contribution in [1.82, 2.24) is 14.9 Å². The Morgan fingerprint density at radius 3 is 2.36 bits per heavy atom. The first-order valence-corrected chi connectivity index (χ1v) is 9.28. The topological polar surface area (TPSA) is 78.5 Å². The summed E-state index contributed by atoms with van der Waals surface area (Å²) in [6.07, 6.45) is 2.45. The fourth-order valence-electron chi connectivity index (χ4n) is 2.50. The smallest absolute Gasteiger partial charge is 0.317 e. The molecule has 2 rings (SSSR count). The van der Waals surface area contributed by atoms with Crippen molar-refractivity contribution in [2.75, 3.05) is 19.3 Å². The average molecular weight is 325 g/mol. The van der Waals surface area contributed by atoms with Gasteiger partial charge in [0.05, 0.1) is 6.26 Å². The fraction of sp³-hybridized carbons (Fsp3) is 0.533. The van der Waals surface area contributed by atoms with Gasteiger partial charge in [0.15, 0.2) is 0 Å². The van der Waals surface area contributed by atoms with E-state index in [2.05, 4.69) is 10.0 Å². The Morgan fingerprint density at radius 2 is 1.82 bits per heavy atom. The van der Waals surface area contributed by atoms with Crippen molar-refractivity contribution in [3.05, 3.63) is 35.4 Å². The minimum atomic E-state index is -3.18. The molecule has 1 aromatic carbocycles. The van der Waals surface area contributed by atoms with Gasteiger partial charge in [0.2, 0.25) is 10.0 Å². The molecule has 1 saturated heterocycles. The van der Waals surface area contributed by atoms with Crippen LogP contribution in [0.25, 0.3) is 0 Å². The number of benzene rings is 1. The molecular weight excluding hydrogens is 302 g/mol. The number of piperidine rings is 1. The van der Waals surface area contributed by atoms with Gasteiger partial charge in [-0.2, -0.15) is 0 Å². The molecule has 6 nitrogen and oxygen atoms in total. The van der Waals surface area contributed by atoms with Gasteiger partial charge in [-0.05, 0) is 25.3 Å². The van der Waals surface area contributed by atoms with Crippen molar-refractivity contribution in [2.24, 2.45) is 0 Å². The van der Waals surface area contributed by atoms with E-state index in [1.807, 2.05) is 31.2 Å². The molecule has 1 heterocycles. The lowest BCUT2D eigenvalue weighted by molar-refractivity contribution is 0.179.